The van der Waals surface area contributed by atoms with Gasteiger partial charge < -0.3 is 4.84 Å². The molecule has 0 aliphatic heterocycles. The van der Waals surface area contributed by atoms with Crippen molar-refractivity contribution in [3.05, 3.63) is 35.4 Å². The lowest BCUT2D eigenvalue weighted by atomic mass is 10.1. The van der Waals surface area contributed by atoms with Crippen LogP contribution in [0, 0.1) is 6.92 Å². The standard InChI is InChI=1S/C11H15NO/c1-4-13-12-10(3)11-7-5-6-9(2)8-11/h5-8H,4H2,1-3H3/b12-10+. The number of oxime groups is 1. The zero-order chi connectivity index (χ0) is 9.68. The van der Waals surface area contributed by atoms with E-state index in [-0.39, 0.29) is 0 Å². The third-order valence-electron chi connectivity index (χ3n) is 1.77. The van der Waals surface area contributed by atoms with Gasteiger partial charge in [0.2, 0.25) is 0 Å². The molecule has 0 N–H and O–H groups in total. The van der Waals surface area contributed by atoms with Crippen molar-refractivity contribution in [2.75, 3.05) is 6.61 Å². The van der Waals surface area contributed by atoms with Crippen LogP contribution in [0.1, 0.15) is 25.0 Å². The fourth-order valence-corrected chi connectivity index (χ4v) is 1.08. The highest BCUT2D eigenvalue weighted by Gasteiger charge is 1.96. The van der Waals surface area contributed by atoms with Crippen LogP contribution in [-0.4, -0.2) is 12.3 Å². The maximum atomic E-state index is 4.98. The largest absolute Gasteiger partial charge is 0.396 e. The smallest absolute Gasteiger partial charge is 0.114 e. The zero-order valence-electron chi connectivity index (χ0n) is 8.37. The molecule has 0 aromatic heterocycles. The Bertz CT molecular complexity index is 305. The highest BCUT2D eigenvalue weighted by molar-refractivity contribution is 5.98. The maximum absolute atomic E-state index is 4.98. The first-order chi connectivity index (χ1) is 6.24. The number of nitrogens with zero attached hydrogens (tertiary/aromatic N) is 1. The SMILES string of the molecule is CCO/N=C(\C)c1cccc(C)c1. The highest BCUT2D eigenvalue weighted by Crippen LogP contribution is 2.05. The highest BCUT2D eigenvalue weighted by atomic mass is 16.6. The van der Waals surface area contributed by atoms with Gasteiger partial charge in [0.15, 0.2) is 0 Å². The second kappa shape index (κ2) is 4.65. The number of hydrogen-bond acceptors (Lipinski definition) is 2. The molecule has 0 atom stereocenters. The third kappa shape index (κ3) is 2.90. The zero-order valence-corrected chi connectivity index (χ0v) is 8.37. The molecule has 0 radical (unpaired) electrons. The molecule has 1 aromatic rings. The Morgan fingerprint density at radius 3 is 2.85 bits per heavy atom. The molecule has 1 rings (SSSR count). The second-order valence-corrected chi connectivity index (χ2v) is 2.96. The summed E-state index contributed by atoms with van der Waals surface area (Å²) in [5, 5.41) is 3.97. The molecule has 0 amide bonds. The van der Waals surface area contributed by atoms with E-state index in [1.54, 1.807) is 0 Å². The van der Waals surface area contributed by atoms with Crippen molar-refractivity contribution >= 4 is 5.71 Å². The van der Waals surface area contributed by atoms with E-state index < -0.39 is 0 Å². The van der Waals surface area contributed by atoms with Crippen LogP contribution >= 0.6 is 0 Å². The summed E-state index contributed by atoms with van der Waals surface area (Å²) < 4.78 is 0. The Labute approximate surface area is 79.2 Å². The summed E-state index contributed by atoms with van der Waals surface area (Å²) in [7, 11) is 0. The Balaban J connectivity index is 2.82. The molecule has 0 saturated heterocycles. The minimum Gasteiger partial charge on any atom is -0.396 e. The fraction of sp³-hybridized carbons (Fsp3) is 0.364. The molecule has 0 aliphatic rings. The van der Waals surface area contributed by atoms with Crippen LogP contribution in [0.2, 0.25) is 0 Å². The van der Waals surface area contributed by atoms with Gasteiger partial charge in [-0.05, 0) is 26.3 Å². The molecular formula is C11H15NO. The van der Waals surface area contributed by atoms with Crippen LogP contribution in [0.5, 0.6) is 0 Å². The second-order valence-electron chi connectivity index (χ2n) is 2.96. The lowest BCUT2D eigenvalue weighted by Crippen LogP contribution is -1.96. The van der Waals surface area contributed by atoms with E-state index in [4.69, 9.17) is 4.84 Å². The Hall–Kier alpha value is -1.31. The number of aryl methyl sites for hydroxylation is 1. The van der Waals surface area contributed by atoms with Gasteiger partial charge in [-0.3, -0.25) is 0 Å². The molecule has 0 bridgehead atoms. The number of hydrogen-bond donors (Lipinski definition) is 0. The number of rotatable bonds is 3. The van der Waals surface area contributed by atoms with E-state index in [0.717, 1.165) is 11.3 Å². The van der Waals surface area contributed by atoms with Gasteiger partial charge in [-0.2, -0.15) is 0 Å². The molecule has 0 saturated carbocycles. The van der Waals surface area contributed by atoms with E-state index in [9.17, 15) is 0 Å². The lowest BCUT2D eigenvalue weighted by molar-refractivity contribution is 0.159. The molecular weight excluding hydrogens is 162 g/mol. The maximum Gasteiger partial charge on any atom is 0.114 e. The van der Waals surface area contributed by atoms with E-state index in [1.807, 2.05) is 26.0 Å². The van der Waals surface area contributed by atoms with Gasteiger partial charge in [-0.25, -0.2) is 0 Å². The van der Waals surface area contributed by atoms with Crippen LogP contribution in [-0.2, 0) is 4.84 Å². The molecule has 1 aromatic carbocycles. The van der Waals surface area contributed by atoms with Gasteiger partial charge >= 0.3 is 0 Å². The molecule has 0 heterocycles. The van der Waals surface area contributed by atoms with Crippen LogP contribution in [0.3, 0.4) is 0 Å². The summed E-state index contributed by atoms with van der Waals surface area (Å²) in [6.45, 7) is 6.55. The average molecular weight is 177 g/mol. The van der Waals surface area contributed by atoms with Crippen molar-refractivity contribution < 1.29 is 4.84 Å². The molecule has 0 aliphatic carbocycles. The summed E-state index contributed by atoms with van der Waals surface area (Å²) >= 11 is 0. The first kappa shape index (κ1) is 9.78. The van der Waals surface area contributed by atoms with Gasteiger partial charge in [0, 0.05) is 0 Å². The predicted molar refractivity (Wildman–Crippen MR) is 55.0 cm³/mol. The van der Waals surface area contributed by atoms with E-state index >= 15 is 0 Å². The van der Waals surface area contributed by atoms with Gasteiger partial charge in [0.1, 0.15) is 6.61 Å². The Kier molecular flexibility index (Phi) is 3.50. The summed E-state index contributed by atoms with van der Waals surface area (Å²) in [5.74, 6) is 0. The van der Waals surface area contributed by atoms with Gasteiger partial charge in [0.25, 0.3) is 0 Å². The van der Waals surface area contributed by atoms with Crippen molar-refractivity contribution in [2.24, 2.45) is 5.16 Å². The van der Waals surface area contributed by atoms with E-state index in [2.05, 4.69) is 24.2 Å². The van der Waals surface area contributed by atoms with Crippen LogP contribution < -0.4 is 0 Å². The topological polar surface area (TPSA) is 21.6 Å². The molecule has 13 heavy (non-hydrogen) atoms. The predicted octanol–water partition coefficient (Wildman–Crippen LogP) is 2.76. The third-order valence-corrected chi connectivity index (χ3v) is 1.77. The van der Waals surface area contributed by atoms with Gasteiger partial charge in [-0.15, -0.1) is 0 Å². The molecule has 2 heteroatoms. The average Bonchev–Trinajstić information content (AvgIpc) is 2.14. The minimum absolute atomic E-state index is 0.614. The Morgan fingerprint density at radius 2 is 2.23 bits per heavy atom. The minimum atomic E-state index is 0.614. The van der Waals surface area contributed by atoms with Crippen LogP contribution in [0.15, 0.2) is 29.4 Å². The van der Waals surface area contributed by atoms with E-state index in [1.165, 1.54) is 5.56 Å². The summed E-state index contributed by atoms with van der Waals surface area (Å²) in [5.41, 5.74) is 3.28. The summed E-state index contributed by atoms with van der Waals surface area (Å²) in [6, 6.07) is 8.22. The van der Waals surface area contributed by atoms with Crippen molar-refractivity contribution in [1.82, 2.24) is 0 Å². The van der Waals surface area contributed by atoms with Gasteiger partial charge in [0.05, 0.1) is 5.71 Å². The molecule has 2 nitrogen and oxygen atoms in total. The molecule has 0 unspecified atom stereocenters. The van der Waals surface area contributed by atoms with E-state index in [0.29, 0.717) is 6.61 Å². The molecule has 0 spiro atoms. The van der Waals surface area contributed by atoms with Crippen molar-refractivity contribution in [1.29, 1.82) is 0 Å². The van der Waals surface area contributed by atoms with Crippen LogP contribution in [0.25, 0.3) is 0 Å². The number of benzene rings is 1. The Morgan fingerprint density at radius 1 is 1.46 bits per heavy atom. The fourth-order valence-electron chi connectivity index (χ4n) is 1.08. The monoisotopic (exact) mass is 177 g/mol. The molecule has 0 fully saturated rings. The molecule has 70 valence electrons. The van der Waals surface area contributed by atoms with Gasteiger partial charge in [-0.1, -0.05) is 35.0 Å². The van der Waals surface area contributed by atoms with Crippen molar-refractivity contribution in [3.63, 3.8) is 0 Å². The quantitative estimate of drug-likeness (QED) is 0.514. The summed E-state index contributed by atoms with van der Waals surface area (Å²) in [4.78, 5) is 4.98. The first-order valence-corrected chi connectivity index (χ1v) is 4.47. The van der Waals surface area contributed by atoms with Crippen molar-refractivity contribution in [2.45, 2.75) is 20.8 Å². The lowest BCUT2D eigenvalue weighted by Gasteiger charge is -2.01. The van der Waals surface area contributed by atoms with Crippen molar-refractivity contribution in [3.8, 4) is 0 Å². The first-order valence-electron chi connectivity index (χ1n) is 4.47. The normalized spacial score (nSPS) is 11.5. The van der Waals surface area contributed by atoms with Crippen LogP contribution in [0.4, 0.5) is 0 Å². The summed E-state index contributed by atoms with van der Waals surface area (Å²) in [6.07, 6.45) is 0.